The van der Waals surface area contributed by atoms with Gasteiger partial charge >= 0.3 is 6.61 Å². The summed E-state index contributed by atoms with van der Waals surface area (Å²) >= 11 is 5.89. The fourth-order valence-electron chi connectivity index (χ4n) is 3.52. The molecule has 1 aromatic rings. The smallest absolute Gasteiger partial charge is 0.387 e. The molecule has 1 aromatic carbocycles. The Hall–Kier alpha value is -1.40. The summed E-state index contributed by atoms with van der Waals surface area (Å²) in [4.78, 5) is 12.4. The van der Waals surface area contributed by atoms with E-state index in [1.165, 1.54) is 37.5 Å². The topological polar surface area (TPSA) is 50.4 Å². The van der Waals surface area contributed by atoms with Gasteiger partial charge < -0.3 is 15.4 Å². The largest absolute Gasteiger partial charge is 0.433 e. The molecule has 3 unspecified atom stereocenters. The summed E-state index contributed by atoms with van der Waals surface area (Å²) < 4.78 is 28.7. The molecular weight excluding hydrogens is 326 g/mol. The molecule has 3 atom stereocenters. The zero-order chi connectivity index (χ0) is 16.4. The van der Waals surface area contributed by atoms with Crippen LogP contribution in [-0.4, -0.2) is 24.6 Å². The average Bonchev–Trinajstić information content (AvgIpc) is 2.94. The molecule has 23 heavy (non-hydrogen) atoms. The number of amides is 1. The fraction of sp³-hybridized carbons (Fsp3) is 0.562. The highest BCUT2D eigenvalue weighted by molar-refractivity contribution is 6.32. The number of hydrogen-bond donors (Lipinski definition) is 2. The van der Waals surface area contributed by atoms with E-state index >= 15 is 0 Å². The molecule has 1 aliphatic heterocycles. The SMILES string of the molecule is O=C(Nc1ccc(OC(F)F)c(Cl)c1)C1CC2CCCCC2N1. The maximum Gasteiger partial charge on any atom is 0.387 e. The van der Waals surface area contributed by atoms with Gasteiger partial charge in [0.1, 0.15) is 5.75 Å². The molecule has 0 spiro atoms. The molecule has 4 nitrogen and oxygen atoms in total. The second kappa shape index (κ2) is 7.01. The van der Waals surface area contributed by atoms with Crippen LogP contribution in [0.25, 0.3) is 0 Å². The van der Waals surface area contributed by atoms with Crippen molar-refractivity contribution < 1.29 is 18.3 Å². The number of hydrogen-bond acceptors (Lipinski definition) is 3. The number of fused-ring (bicyclic) bond motifs is 1. The van der Waals surface area contributed by atoms with Gasteiger partial charge in [0.2, 0.25) is 5.91 Å². The third kappa shape index (κ3) is 3.93. The van der Waals surface area contributed by atoms with Crippen LogP contribution in [0.4, 0.5) is 14.5 Å². The lowest BCUT2D eigenvalue weighted by atomic mass is 9.85. The van der Waals surface area contributed by atoms with E-state index in [4.69, 9.17) is 11.6 Å². The minimum Gasteiger partial charge on any atom is -0.433 e. The lowest BCUT2D eigenvalue weighted by Gasteiger charge is -2.24. The summed E-state index contributed by atoms with van der Waals surface area (Å²) in [5.41, 5.74) is 0.471. The van der Waals surface area contributed by atoms with Gasteiger partial charge in [0.05, 0.1) is 11.1 Å². The van der Waals surface area contributed by atoms with Crippen LogP contribution in [0.5, 0.6) is 5.75 Å². The van der Waals surface area contributed by atoms with Gasteiger partial charge in [0, 0.05) is 11.7 Å². The molecule has 0 aromatic heterocycles. The molecule has 126 valence electrons. The molecule has 2 fully saturated rings. The van der Waals surface area contributed by atoms with Gasteiger partial charge in [0.15, 0.2) is 0 Å². The van der Waals surface area contributed by atoms with Crippen molar-refractivity contribution >= 4 is 23.2 Å². The van der Waals surface area contributed by atoms with Crippen LogP contribution in [0.3, 0.4) is 0 Å². The number of halogens is 3. The number of alkyl halides is 2. The maximum atomic E-state index is 12.4. The quantitative estimate of drug-likeness (QED) is 0.873. The average molecular weight is 345 g/mol. The molecule has 1 saturated heterocycles. The van der Waals surface area contributed by atoms with Gasteiger partial charge in [-0.15, -0.1) is 0 Å². The summed E-state index contributed by atoms with van der Waals surface area (Å²) in [7, 11) is 0. The summed E-state index contributed by atoms with van der Waals surface area (Å²) in [5, 5.41) is 6.22. The number of anilines is 1. The molecule has 1 amide bonds. The van der Waals surface area contributed by atoms with E-state index in [9.17, 15) is 13.6 Å². The minimum absolute atomic E-state index is 0.0381. The first kappa shape index (κ1) is 16.5. The second-order valence-corrected chi connectivity index (χ2v) is 6.53. The number of carbonyl (C=O) groups excluding carboxylic acids is 1. The van der Waals surface area contributed by atoms with Crippen molar-refractivity contribution in [2.45, 2.75) is 50.8 Å². The van der Waals surface area contributed by atoms with Crippen molar-refractivity contribution in [1.82, 2.24) is 5.32 Å². The highest BCUT2D eigenvalue weighted by Gasteiger charge is 2.38. The molecule has 0 bridgehead atoms. The van der Waals surface area contributed by atoms with Gasteiger partial charge in [-0.3, -0.25) is 4.79 Å². The standard InChI is InChI=1S/C16H19ClF2N2O2/c17-11-8-10(5-6-14(11)23-16(18)19)20-15(22)13-7-9-3-1-2-4-12(9)21-13/h5-6,8-9,12-13,16,21H,1-4,7H2,(H,20,22). The van der Waals surface area contributed by atoms with Crippen LogP contribution in [0.1, 0.15) is 32.1 Å². The summed E-state index contributed by atoms with van der Waals surface area (Å²) in [6.45, 7) is -2.93. The predicted molar refractivity (Wildman–Crippen MR) is 84.0 cm³/mol. The molecule has 3 rings (SSSR count). The van der Waals surface area contributed by atoms with Crippen LogP contribution >= 0.6 is 11.6 Å². The summed E-state index contributed by atoms with van der Waals surface area (Å²) in [6, 6.07) is 4.47. The van der Waals surface area contributed by atoms with E-state index in [0.717, 1.165) is 12.8 Å². The fourth-order valence-corrected chi connectivity index (χ4v) is 3.75. The van der Waals surface area contributed by atoms with Crippen molar-refractivity contribution in [3.8, 4) is 5.75 Å². The lowest BCUT2D eigenvalue weighted by Crippen LogP contribution is -2.39. The van der Waals surface area contributed by atoms with E-state index in [2.05, 4.69) is 15.4 Å². The van der Waals surface area contributed by atoms with Gasteiger partial charge in [-0.2, -0.15) is 8.78 Å². The van der Waals surface area contributed by atoms with Crippen molar-refractivity contribution in [2.75, 3.05) is 5.32 Å². The van der Waals surface area contributed by atoms with E-state index in [-0.39, 0.29) is 22.7 Å². The van der Waals surface area contributed by atoms with Gasteiger partial charge in [-0.05, 0) is 43.4 Å². The van der Waals surface area contributed by atoms with Gasteiger partial charge in [0.25, 0.3) is 0 Å². The number of rotatable bonds is 4. The first-order chi connectivity index (χ1) is 11.0. The Bertz CT molecular complexity index is 571. The highest BCUT2D eigenvalue weighted by atomic mass is 35.5. The van der Waals surface area contributed by atoms with Crippen molar-refractivity contribution in [3.05, 3.63) is 23.2 Å². The molecule has 1 aliphatic carbocycles. The molecular formula is C16H19ClF2N2O2. The number of ether oxygens (including phenoxy) is 1. The normalized spacial score (nSPS) is 26.9. The van der Waals surface area contributed by atoms with E-state index in [1.807, 2.05) is 0 Å². The van der Waals surface area contributed by atoms with Gasteiger partial charge in [-0.1, -0.05) is 24.4 Å². The molecule has 1 saturated carbocycles. The monoisotopic (exact) mass is 344 g/mol. The van der Waals surface area contributed by atoms with E-state index in [0.29, 0.717) is 17.6 Å². The zero-order valence-corrected chi connectivity index (χ0v) is 13.3. The molecule has 2 aliphatic rings. The molecule has 0 radical (unpaired) electrons. The zero-order valence-electron chi connectivity index (χ0n) is 12.5. The summed E-state index contributed by atoms with van der Waals surface area (Å²) in [6.07, 6.45) is 5.59. The Morgan fingerprint density at radius 2 is 2.13 bits per heavy atom. The van der Waals surface area contributed by atoms with Crippen molar-refractivity contribution in [1.29, 1.82) is 0 Å². The Morgan fingerprint density at radius 3 is 2.83 bits per heavy atom. The van der Waals surface area contributed by atoms with Crippen LogP contribution in [0, 0.1) is 5.92 Å². The second-order valence-electron chi connectivity index (χ2n) is 6.12. The molecule has 1 heterocycles. The molecule has 7 heteroatoms. The van der Waals surface area contributed by atoms with Crippen molar-refractivity contribution in [3.63, 3.8) is 0 Å². The predicted octanol–water partition coefficient (Wildman–Crippen LogP) is 3.80. The Labute approximate surface area is 138 Å². The van der Waals surface area contributed by atoms with Crippen LogP contribution in [0.2, 0.25) is 5.02 Å². The van der Waals surface area contributed by atoms with Crippen LogP contribution < -0.4 is 15.4 Å². The third-order valence-corrected chi connectivity index (χ3v) is 4.89. The van der Waals surface area contributed by atoms with E-state index in [1.54, 1.807) is 0 Å². The molecule has 2 N–H and O–H groups in total. The van der Waals surface area contributed by atoms with Crippen LogP contribution in [0.15, 0.2) is 18.2 Å². The summed E-state index contributed by atoms with van der Waals surface area (Å²) in [5.74, 6) is 0.354. The van der Waals surface area contributed by atoms with Gasteiger partial charge in [-0.25, -0.2) is 0 Å². The maximum absolute atomic E-state index is 12.4. The minimum atomic E-state index is -2.93. The third-order valence-electron chi connectivity index (χ3n) is 4.59. The first-order valence-corrected chi connectivity index (χ1v) is 8.22. The number of nitrogens with one attached hydrogen (secondary N) is 2. The van der Waals surface area contributed by atoms with Crippen LogP contribution in [-0.2, 0) is 4.79 Å². The van der Waals surface area contributed by atoms with E-state index < -0.39 is 6.61 Å². The number of carbonyl (C=O) groups is 1. The highest BCUT2D eigenvalue weighted by Crippen LogP contribution is 2.34. The lowest BCUT2D eigenvalue weighted by molar-refractivity contribution is -0.117. The van der Waals surface area contributed by atoms with Crippen molar-refractivity contribution in [2.24, 2.45) is 5.92 Å². The Balaban J connectivity index is 1.61. The Morgan fingerprint density at radius 1 is 1.35 bits per heavy atom. The Kier molecular flexibility index (Phi) is 5.02. The number of benzene rings is 1. The first-order valence-electron chi connectivity index (χ1n) is 7.84.